The van der Waals surface area contributed by atoms with Crippen LogP contribution in [0.1, 0.15) is 11.1 Å². The molecule has 0 unspecified atom stereocenters. The summed E-state index contributed by atoms with van der Waals surface area (Å²) in [6.07, 6.45) is 3.67. The highest BCUT2D eigenvalue weighted by Crippen LogP contribution is 2.26. The number of hydrogen-bond acceptors (Lipinski definition) is 3. The van der Waals surface area contributed by atoms with E-state index in [-0.39, 0.29) is 0 Å². The molecule has 0 fully saturated rings. The molecular formula is C18H16N4. The van der Waals surface area contributed by atoms with Crippen molar-refractivity contribution >= 4 is 28.1 Å². The number of hydrogen-bond donors (Lipinski definition) is 1. The average Bonchev–Trinajstić information content (AvgIpc) is 3.02. The Morgan fingerprint density at radius 2 is 1.82 bits per heavy atom. The molecule has 2 heterocycles. The first-order chi connectivity index (χ1) is 10.7. The number of aromatic nitrogens is 3. The Balaban J connectivity index is 1.93. The summed E-state index contributed by atoms with van der Waals surface area (Å²) < 4.78 is 2.07. The monoisotopic (exact) mass is 288 g/mol. The third-order valence-corrected chi connectivity index (χ3v) is 4.11. The highest BCUT2D eigenvalue weighted by molar-refractivity contribution is 5.86. The number of anilines is 2. The molecule has 0 bridgehead atoms. The predicted molar refractivity (Wildman–Crippen MR) is 89.7 cm³/mol. The fraction of sp³-hybridized carbons (Fsp3) is 0.111. The topological polar surface area (TPSA) is 42.2 Å². The number of rotatable bonds is 2. The quantitative estimate of drug-likeness (QED) is 0.600. The van der Waals surface area contributed by atoms with Crippen molar-refractivity contribution in [2.24, 2.45) is 0 Å². The van der Waals surface area contributed by atoms with Gasteiger partial charge in [0, 0.05) is 5.69 Å². The second kappa shape index (κ2) is 4.84. The Bertz CT molecular complexity index is 985. The van der Waals surface area contributed by atoms with Gasteiger partial charge in [-0.15, -0.1) is 0 Å². The van der Waals surface area contributed by atoms with E-state index in [4.69, 9.17) is 4.98 Å². The molecule has 4 rings (SSSR count). The van der Waals surface area contributed by atoms with Gasteiger partial charge in [-0.3, -0.25) is 4.40 Å². The molecule has 0 aliphatic heterocycles. The van der Waals surface area contributed by atoms with Crippen molar-refractivity contribution in [3.8, 4) is 0 Å². The van der Waals surface area contributed by atoms with Crippen molar-refractivity contribution in [3.05, 3.63) is 66.1 Å². The van der Waals surface area contributed by atoms with Crippen molar-refractivity contribution in [1.29, 1.82) is 0 Å². The predicted octanol–water partition coefficient (Wildman–Crippen LogP) is 4.24. The molecule has 0 atom stereocenters. The van der Waals surface area contributed by atoms with E-state index in [0.29, 0.717) is 0 Å². The molecule has 108 valence electrons. The summed E-state index contributed by atoms with van der Waals surface area (Å²) in [4.78, 5) is 9.05. The van der Waals surface area contributed by atoms with Gasteiger partial charge in [0.05, 0.1) is 23.6 Å². The van der Waals surface area contributed by atoms with E-state index in [1.165, 1.54) is 11.1 Å². The van der Waals surface area contributed by atoms with Gasteiger partial charge in [-0.25, -0.2) is 9.97 Å². The Hall–Kier alpha value is -2.88. The van der Waals surface area contributed by atoms with Crippen LogP contribution in [-0.2, 0) is 0 Å². The zero-order chi connectivity index (χ0) is 15.1. The number of imidazole rings is 1. The van der Waals surface area contributed by atoms with E-state index in [2.05, 4.69) is 52.8 Å². The van der Waals surface area contributed by atoms with Gasteiger partial charge in [0.15, 0.2) is 5.82 Å². The van der Waals surface area contributed by atoms with Gasteiger partial charge >= 0.3 is 0 Å². The van der Waals surface area contributed by atoms with Crippen LogP contribution in [0.25, 0.3) is 16.6 Å². The van der Waals surface area contributed by atoms with E-state index >= 15 is 0 Å². The van der Waals surface area contributed by atoms with Crippen LogP contribution in [0, 0.1) is 13.8 Å². The normalized spacial score (nSPS) is 11.2. The summed E-state index contributed by atoms with van der Waals surface area (Å²) in [5.74, 6) is 0.824. The van der Waals surface area contributed by atoms with E-state index in [1.54, 1.807) is 0 Å². The highest BCUT2D eigenvalue weighted by atomic mass is 15.1. The molecule has 0 amide bonds. The van der Waals surface area contributed by atoms with Gasteiger partial charge in [-0.05, 0) is 43.2 Å². The van der Waals surface area contributed by atoms with Crippen LogP contribution in [-0.4, -0.2) is 14.4 Å². The van der Waals surface area contributed by atoms with Crippen molar-refractivity contribution in [2.45, 2.75) is 13.8 Å². The molecule has 0 radical (unpaired) electrons. The van der Waals surface area contributed by atoms with Crippen LogP contribution < -0.4 is 5.32 Å². The minimum Gasteiger partial charge on any atom is -0.338 e. The summed E-state index contributed by atoms with van der Waals surface area (Å²) in [6, 6.07) is 14.3. The second-order valence-electron chi connectivity index (χ2n) is 5.47. The van der Waals surface area contributed by atoms with Crippen molar-refractivity contribution in [3.63, 3.8) is 0 Å². The SMILES string of the molecule is Cc1cccc(Nc2nc3ccccc3n3cncc23)c1C. The molecule has 2 aromatic carbocycles. The number of para-hydroxylation sites is 2. The largest absolute Gasteiger partial charge is 0.338 e. The summed E-state index contributed by atoms with van der Waals surface area (Å²) in [7, 11) is 0. The lowest BCUT2D eigenvalue weighted by Crippen LogP contribution is -2.00. The van der Waals surface area contributed by atoms with Gasteiger partial charge in [0.25, 0.3) is 0 Å². The summed E-state index contributed by atoms with van der Waals surface area (Å²) in [5, 5.41) is 3.46. The summed E-state index contributed by atoms with van der Waals surface area (Å²) >= 11 is 0. The number of nitrogens with one attached hydrogen (secondary N) is 1. The van der Waals surface area contributed by atoms with E-state index < -0.39 is 0 Å². The van der Waals surface area contributed by atoms with Crippen LogP contribution in [0.2, 0.25) is 0 Å². The number of benzene rings is 2. The molecule has 0 aliphatic carbocycles. The Labute approximate surface area is 128 Å². The highest BCUT2D eigenvalue weighted by Gasteiger charge is 2.10. The molecule has 4 heteroatoms. The standard InChI is InChI=1S/C18H16N4/c1-12-6-5-8-14(13(12)2)20-18-17-10-19-11-22(17)16-9-4-3-7-15(16)21-18/h3-11H,1-2H3,(H,20,21). The van der Waals surface area contributed by atoms with Crippen LogP contribution in [0.15, 0.2) is 55.0 Å². The molecule has 22 heavy (non-hydrogen) atoms. The molecule has 2 aromatic heterocycles. The number of aryl methyl sites for hydroxylation is 1. The van der Waals surface area contributed by atoms with Gasteiger partial charge in [-0.2, -0.15) is 0 Å². The molecule has 1 N–H and O–H groups in total. The molecule has 4 nitrogen and oxygen atoms in total. The van der Waals surface area contributed by atoms with Gasteiger partial charge in [0.1, 0.15) is 5.52 Å². The fourth-order valence-electron chi connectivity index (χ4n) is 2.71. The number of fused-ring (bicyclic) bond motifs is 3. The smallest absolute Gasteiger partial charge is 0.157 e. The molecule has 4 aromatic rings. The first kappa shape index (κ1) is 12.8. The molecule has 0 aliphatic rings. The van der Waals surface area contributed by atoms with Gasteiger partial charge in [0.2, 0.25) is 0 Å². The zero-order valence-electron chi connectivity index (χ0n) is 12.5. The van der Waals surface area contributed by atoms with E-state index in [0.717, 1.165) is 28.1 Å². The van der Waals surface area contributed by atoms with Crippen LogP contribution in [0.3, 0.4) is 0 Å². The lowest BCUT2D eigenvalue weighted by Gasteiger charge is -2.13. The van der Waals surface area contributed by atoms with E-state index in [9.17, 15) is 0 Å². The Morgan fingerprint density at radius 1 is 0.955 bits per heavy atom. The van der Waals surface area contributed by atoms with E-state index in [1.807, 2.05) is 30.7 Å². The Morgan fingerprint density at radius 3 is 2.73 bits per heavy atom. The summed E-state index contributed by atoms with van der Waals surface area (Å²) in [6.45, 7) is 4.23. The first-order valence-electron chi connectivity index (χ1n) is 7.28. The second-order valence-corrected chi connectivity index (χ2v) is 5.47. The van der Waals surface area contributed by atoms with Gasteiger partial charge in [-0.1, -0.05) is 24.3 Å². The van der Waals surface area contributed by atoms with Crippen LogP contribution >= 0.6 is 0 Å². The molecule has 0 saturated heterocycles. The minimum absolute atomic E-state index is 0.824. The maximum absolute atomic E-state index is 4.77. The van der Waals surface area contributed by atoms with Gasteiger partial charge < -0.3 is 5.32 Å². The molecular weight excluding hydrogens is 272 g/mol. The first-order valence-corrected chi connectivity index (χ1v) is 7.28. The zero-order valence-corrected chi connectivity index (χ0v) is 12.5. The van der Waals surface area contributed by atoms with Crippen molar-refractivity contribution in [1.82, 2.24) is 14.4 Å². The minimum atomic E-state index is 0.824. The van der Waals surface area contributed by atoms with Crippen molar-refractivity contribution in [2.75, 3.05) is 5.32 Å². The molecule has 0 spiro atoms. The van der Waals surface area contributed by atoms with Crippen molar-refractivity contribution < 1.29 is 0 Å². The average molecular weight is 288 g/mol. The maximum atomic E-state index is 4.77. The lowest BCUT2D eigenvalue weighted by atomic mass is 10.1. The third-order valence-electron chi connectivity index (χ3n) is 4.11. The lowest BCUT2D eigenvalue weighted by molar-refractivity contribution is 1.18. The summed E-state index contributed by atoms with van der Waals surface area (Å²) in [5.41, 5.74) is 6.54. The Kier molecular flexibility index (Phi) is 2.82. The molecule has 0 saturated carbocycles. The van der Waals surface area contributed by atoms with Crippen LogP contribution in [0.4, 0.5) is 11.5 Å². The fourth-order valence-corrected chi connectivity index (χ4v) is 2.71. The third kappa shape index (κ3) is 1.92. The maximum Gasteiger partial charge on any atom is 0.157 e. The number of nitrogens with zero attached hydrogens (tertiary/aromatic N) is 3. The van der Waals surface area contributed by atoms with Crippen LogP contribution in [0.5, 0.6) is 0 Å².